The zero-order valence-electron chi connectivity index (χ0n) is 14.9. The Labute approximate surface area is 152 Å². The van der Waals surface area contributed by atoms with E-state index in [0.29, 0.717) is 22.6 Å². The number of hydrogen-bond acceptors (Lipinski definition) is 5. The van der Waals surface area contributed by atoms with E-state index in [0.717, 1.165) is 12.0 Å². The van der Waals surface area contributed by atoms with Gasteiger partial charge < -0.3 is 9.47 Å². The van der Waals surface area contributed by atoms with Crippen LogP contribution >= 0.6 is 0 Å². The number of nitriles is 1. The molecule has 0 aliphatic carbocycles. The van der Waals surface area contributed by atoms with Crippen LogP contribution in [-0.2, 0) is 0 Å². The topological polar surface area (TPSA) is 85.4 Å². The fourth-order valence-electron chi connectivity index (χ4n) is 2.31. The van der Waals surface area contributed by atoms with Gasteiger partial charge in [-0.25, -0.2) is 0 Å². The molecule has 6 nitrogen and oxygen atoms in total. The Bertz CT molecular complexity index is 868. The quantitative estimate of drug-likeness (QED) is 0.308. The van der Waals surface area contributed by atoms with Crippen LogP contribution in [0.5, 0.6) is 11.5 Å². The number of nitrogens with zero attached hydrogens (tertiary/aromatic N) is 2. The van der Waals surface area contributed by atoms with Crippen LogP contribution in [0.15, 0.2) is 42.5 Å². The van der Waals surface area contributed by atoms with Gasteiger partial charge in [0.15, 0.2) is 11.5 Å². The third-order valence-electron chi connectivity index (χ3n) is 3.89. The molecule has 0 aliphatic rings. The van der Waals surface area contributed by atoms with Crippen molar-refractivity contribution < 1.29 is 14.4 Å². The Kier molecular flexibility index (Phi) is 6.34. The fraction of sp³-hybridized carbons (Fsp3) is 0.250. The molecule has 0 amide bonds. The van der Waals surface area contributed by atoms with Crippen LogP contribution in [0.4, 0.5) is 5.69 Å². The van der Waals surface area contributed by atoms with Gasteiger partial charge in [0, 0.05) is 12.1 Å². The molecule has 0 N–H and O–H groups in total. The van der Waals surface area contributed by atoms with E-state index in [9.17, 15) is 15.4 Å². The maximum atomic E-state index is 10.9. The second-order valence-electron chi connectivity index (χ2n) is 5.72. The second kappa shape index (κ2) is 8.67. The van der Waals surface area contributed by atoms with E-state index >= 15 is 0 Å². The van der Waals surface area contributed by atoms with E-state index in [4.69, 9.17) is 9.47 Å². The van der Waals surface area contributed by atoms with Crippen LogP contribution in [0.2, 0.25) is 0 Å². The molecule has 0 aliphatic heterocycles. The first kappa shape index (κ1) is 19.0. The smallest absolute Gasteiger partial charge is 0.270 e. The summed E-state index contributed by atoms with van der Waals surface area (Å²) >= 11 is 0. The Morgan fingerprint density at radius 1 is 1.31 bits per heavy atom. The molecule has 134 valence electrons. The number of methoxy groups -OCH3 is 1. The third-order valence-corrected chi connectivity index (χ3v) is 3.89. The molecule has 6 heteroatoms. The molecule has 0 saturated heterocycles. The second-order valence-corrected chi connectivity index (χ2v) is 5.72. The minimum absolute atomic E-state index is 0.0569. The van der Waals surface area contributed by atoms with Crippen molar-refractivity contribution in [2.75, 3.05) is 7.11 Å². The summed E-state index contributed by atoms with van der Waals surface area (Å²) in [7, 11) is 1.55. The van der Waals surface area contributed by atoms with Gasteiger partial charge in [0.1, 0.15) is 0 Å². The lowest BCUT2D eigenvalue weighted by Gasteiger charge is -2.15. The van der Waals surface area contributed by atoms with Gasteiger partial charge in [-0.2, -0.15) is 5.26 Å². The van der Waals surface area contributed by atoms with E-state index in [1.807, 2.05) is 19.9 Å². The molecule has 0 spiro atoms. The predicted octanol–water partition coefficient (Wildman–Crippen LogP) is 4.84. The van der Waals surface area contributed by atoms with Crippen molar-refractivity contribution in [3.63, 3.8) is 0 Å². The van der Waals surface area contributed by atoms with Crippen molar-refractivity contribution in [1.82, 2.24) is 0 Å². The van der Waals surface area contributed by atoms with Crippen LogP contribution < -0.4 is 9.47 Å². The largest absolute Gasteiger partial charge is 0.493 e. The maximum absolute atomic E-state index is 10.9. The van der Waals surface area contributed by atoms with Crippen molar-refractivity contribution in [3.05, 3.63) is 63.7 Å². The lowest BCUT2D eigenvalue weighted by molar-refractivity contribution is -0.384. The number of benzene rings is 2. The zero-order valence-corrected chi connectivity index (χ0v) is 14.9. The van der Waals surface area contributed by atoms with Crippen LogP contribution in [0.25, 0.3) is 11.6 Å². The highest BCUT2D eigenvalue weighted by Gasteiger charge is 2.11. The van der Waals surface area contributed by atoms with Gasteiger partial charge in [-0.05, 0) is 42.7 Å². The van der Waals surface area contributed by atoms with Gasteiger partial charge >= 0.3 is 0 Å². The summed E-state index contributed by atoms with van der Waals surface area (Å²) < 4.78 is 11.2. The molecule has 26 heavy (non-hydrogen) atoms. The van der Waals surface area contributed by atoms with Gasteiger partial charge in [0.05, 0.1) is 29.8 Å². The van der Waals surface area contributed by atoms with Gasteiger partial charge in [0.25, 0.3) is 5.69 Å². The molecule has 2 aromatic carbocycles. The predicted molar refractivity (Wildman–Crippen MR) is 100.0 cm³/mol. The summed E-state index contributed by atoms with van der Waals surface area (Å²) in [6, 6.07) is 13.5. The highest BCUT2D eigenvalue weighted by Crippen LogP contribution is 2.31. The standard InChI is InChI=1S/C20H20N2O4/c1-4-14(2)26-19-9-8-15(11-20(19)25-3)10-17(13-21)16-6-5-7-18(12-16)22(23)24/h5-12,14H,4H2,1-3H3. The molecule has 0 saturated carbocycles. The summed E-state index contributed by atoms with van der Waals surface area (Å²) in [5.74, 6) is 1.20. The van der Waals surface area contributed by atoms with E-state index < -0.39 is 4.92 Å². The van der Waals surface area contributed by atoms with Crippen molar-refractivity contribution >= 4 is 17.3 Å². The average molecular weight is 352 g/mol. The number of rotatable bonds is 7. The molecule has 0 aromatic heterocycles. The van der Waals surface area contributed by atoms with Gasteiger partial charge in [-0.3, -0.25) is 10.1 Å². The summed E-state index contributed by atoms with van der Waals surface area (Å²) in [6.07, 6.45) is 2.59. The number of nitro groups is 1. The van der Waals surface area contributed by atoms with Crippen molar-refractivity contribution in [1.29, 1.82) is 5.26 Å². The first-order valence-electron chi connectivity index (χ1n) is 8.19. The summed E-state index contributed by atoms with van der Waals surface area (Å²) in [5.41, 5.74) is 1.49. The van der Waals surface area contributed by atoms with Crippen LogP contribution in [-0.4, -0.2) is 18.1 Å². The molecule has 2 aromatic rings. The molecule has 1 atom stereocenters. The third kappa shape index (κ3) is 4.61. The van der Waals surface area contributed by atoms with Gasteiger partial charge in [-0.15, -0.1) is 0 Å². The highest BCUT2D eigenvalue weighted by atomic mass is 16.6. The minimum atomic E-state index is -0.484. The van der Waals surface area contributed by atoms with Crippen molar-refractivity contribution in [2.24, 2.45) is 0 Å². The number of non-ortho nitro benzene ring substituents is 1. The van der Waals surface area contributed by atoms with Crippen molar-refractivity contribution in [2.45, 2.75) is 26.4 Å². The van der Waals surface area contributed by atoms with Gasteiger partial charge in [-0.1, -0.05) is 25.1 Å². The number of hydrogen-bond donors (Lipinski definition) is 0. The van der Waals surface area contributed by atoms with E-state index in [-0.39, 0.29) is 11.8 Å². The minimum Gasteiger partial charge on any atom is -0.493 e. The molecular weight excluding hydrogens is 332 g/mol. The number of allylic oxidation sites excluding steroid dienone is 1. The molecule has 0 heterocycles. The van der Waals surface area contributed by atoms with Crippen molar-refractivity contribution in [3.8, 4) is 17.6 Å². The van der Waals surface area contributed by atoms with Crippen LogP contribution in [0.1, 0.15) is 31.4 Å². The van der Waals surface area contributed by atoms with Crippen LogP contribution in [0, 0.1) is 21.4 Å². The lowest BCUT2D eigenvalue weighted by Crippen LogP contribution is -2.10. The summed E-state index contributed by atoms with van der Waals surface area (Å²) in [6.45, 7) is 4.01. The van der Waals surface area contributed by atoms with E-state index in [1.54, 1.807) is 37.5 Å². The van der Waals surface area contributed by atoms with E-state index in [1.165, 1.54) is 12.1 Å². The van der Waals surface area contributed by atoms with Gasteiger partial charge in [0.2, 0.25) is 0 Å². The Morgan fingerprint density at radius 2 is 2.08 bits per heavy atom. The summed E-state index contributed by atoms with van der Waals surface area (Å²) in [4.78, 5) is 10.4. The average Bonchev–Trinajstić information content (AvgIpc) is 2.66. The number of nitro benzene ring substituents is 1. The first-order valence-corrected chi connectivity index (χ1v) is 8.19. The number of ether oxygens (including phenoxy) is 2. The molecule has 0 radical (unpaired) electrons. The van der Waals surface area contributed by atoms with Crippen LogP contribution in [0.3, 0.4) is 0 Å². The summed E-state index contributed by atoms with van der Waals surface area (Å²) in [5, 5.41) is 20.4. The molecular formula is C20H20N2O4. The highest BCUT2D eigenvalue weighted by molar-refractivity contribution is 5.90. The molecule has 0 bridgehead atoms. The normalized spacial score (nSPS) is 12.2. The molecule has 0 fully saturated rings. The Morgan fingerprint density at radius 3 is 2.69 bits per heavy atom. The Balaban J connectivity index is 2.39. The maximum Gasteiger partial charge on any atom is 0.270 e. The first-order chi connectivity index (χ1) is 12.5. The fourth-order valence-corrected chi connectivity index (χ4v) is 2.31. The lowest BCUT2D eigenvalue weighted by atomic mass is 10.0. The zero-order chi connectivity index (χ0) is 19.1. The monoisotopic (exact) mass is 352 g/mol. The SMILES string of the molecule is CCC(C)Oc1ccc(C=C(C#N)c2cccc([N+](=O)[O-])c2)cc1OC. The Hall–Kier alpha value is -3.33. The molecule has 1 unspecified atom stereocenters. The molecule has 2 rings (SSSR count). The van der Waals surface area contributed by atoms with E-state index in [2.05, 4.69) is 6.07 Å².